The molecular formula is C16H21N3O2. The van der Waals surface area contributed by atoms with E-state index < -0.39 is 0 Å². The highest BCUT2D eigenvalue weighted by Crippen LogP contribution is 2.16. The number of nitriles is 1. The highest BCUT2D eigenvalue weighted by Gasteiger charge is 2.05. The fraction of sp³-hybridized carbons (Fsp3) is 0.438. The summed E-state index contributed by atoms with van der Waals surface area (Å²) in [6.07, 6.45) is 1.90. The Labute approximate surface area is 125 Å². The maximum absolute atomic E-state index is 11.6. The van der Waals surface area contributed by atoms with Crippen molar-refractivity contribution in [2.45, 2.75) is 33.6 Å². The van der Waals surface area contributed by atoms with Gasteiger partial charge in [0.2, 0.25) is 0 Å². The largest absolute Gasteiger partial charge is 0.482 e. The fourth-order valence-electron chi connectivity index (χ4n) is 1.57. The third-order valence-electron chi connectivity index (χ3n) is 2.82. The van der Waals surface area contributed by atoms with Gasteiger partial charge < -0.3 is 4.74 Å². The molecule has 1 aromatic rings. The maximum Gasteiger partial charge on any atom is 0.277 e. The smallest absolute Gasteiger partial charge is 0.277 e. The monoisotopic (exact) mass is 287 g/mol. The third-order valence-corrected chi connectivity index (χ3v) is 2.82. The molecule has 0 saturated heterocycles. The number of carbonyl (C=O) groups is 1. The van der Waals surface area contributed by atoms with Gasteiger partial charge in [0, 0.05) is 5.71 Å². The van der Waals surface area contributed by atoms with Crippen molar-refractivity contribution in [3.63, 3.8) is 0 Å². The molecule has 21 heavy (non-hydrogen) atoms. The quantitative estimate of drug-likeness (QED) is 0.619. The van der Waals surface area contributed by atoms with Crippen LogP contribution in [0, 0.1) is 17.2 Å². The van der Waals surface area contributed by atoms with Crippen LogP contribution in [0.15, 0.2) is 29.4 Å². The Hall–Kier alpha value is -2.35. The Kier molecular flexibility index (Phi) is 6.96. The Bertz CT molecular complexity index is 545. The molecule has 0 unspecified atom stereocenters. The number of rotatable bonds is 7. The van der Waals surface area contributed by atoms with Crippen LogP contribution < -0.4 is 10.2 Å². The number of para-hydroxylation sites is 1. The van der Waals surface area contributed by atoms with E-state index in [-0.39, 0.29) is 12.5 Å². The second kappa shape index (κ2) is 8.75. The van der Waals surface area contributed by atoms with Crippen LogP contribution in [0.1, 0.15) is 39.2 Å². The Morgan fingerprint density at radius 3 is 2.81 bits per heavy atom. The predicted octanol–water partition coefficient (Wildman–Crippen LogP) is 2.87. The Morgan fingerprint density at radius 2 is 2.14 bits per heavy atom. The molecule has 0 aliphatic rings. The van der Waals surface area contributed by atoms with Gasteiger partial charge in [0.15, 0.2) is 6.61 Å². The number of benzene rings is 1. The lowest BCUT2D eigenvalue weighted by Gasteiger charge is -2.07. The topological polar surface area (TPSA) is 74.5 Å². The van der Waals surface area contributed by atoms with Crippen molar-refractivity contribution in [2.24, 2.45) is 11.0 Å². The summed E-state index contributed by atoms with van der Waals surface area (Å²) < 4.78 is 5.32. The van der Waals surface area contributed by atoms with Crippen molar-refractivity contribution in [3.05, 3.63) is 29.8 Å². The normalized spacial score (nSPS) is 11.1. The molecule has 0 spiro atoms. The van der Waals surface area contributed by atoms with Crippen LogP contribution >= 0.6 is 0 Å². The highest BCUT2D eigenvalue weighted by molar-refractivity contribution is 5.84. The first-order valence-electron chi connectivity index (χ1n) is 6.97. The summed E-state index contributed by atoms with van der Waals surface area (Å²) in [5, 5.41) is 12.9. The van der Waals surface area contributed by atoms with Gasteiger partial charge in [-0.1, -0.05) is 26.0 Å². The van der Waals surface area contributed by atoms with Crippen molar-refractivity contribution in [2.75, 3.05) is 6.61 Å². The van der Waals surface area contributed by atoms with E-state index in [4.69, 9.17) is 10.00 Å². The third kappa shape index (κ3) is 6.57. The average Bonchev–Trinajstić information content (AvgIpc) is 2.49. The molecule has 1 aromatic carbocycles. The molecule has 0 bridgehead atoms. The summed E-state index contributed by atoms with van der Waals surface area (Å²) >= 11 is 0. The van der Waals surface area contributed by atoms with Gasteiger partial charge in [-0.15, -0.1) is 0 Å². The summed E-state index contributed by atoms with van der Waals surface area (Å²) in [4.78, 5) is 11.6. The van der Waals surface area contributed by atoms with Gasteiger partial charge in [-0.2, -0.15) is 10.4 Å². The second-order valence-corrected chi connectivity index (χ2v) is 5.21. The molecule has 0 fully saturated rings. The lowest BCUT2D eigenvalue weighted by Crippen LogP contribution is -2.25. The average molecular weight is 287 g/mol. The minimum atomic E-state index is -0.341. The molecule has 1 rings (SSSR count). The number of hydrazone groups is 1. The number of amides is 1. The summed E-state index contributed by atoms with van der Waals surface area (Å²) in [7, 11) is 0. The summed E-state index contributed by atoms with van der Waals surface area (Å²) in [6.45, 7) is 6.01. The predicted molar refractivity (Wildman–Crippen MR) is 82.0 cm³/mol. The van der Waals surface area contributed by atoms with E-state index >= 15 is 0 Å². The molecule has 5 nitrogen and oxygen atoms in total. The second-order valence-electron chi connectivity index (χ2n) is 5.21. The SMILES string of the molecule is C/C(CCC(C)C)=N\NC(=O)COc1ccccc1C#N. The molecule has 0 atom stereocenters. The molecule has 0 heterocycles. The van der Waals surface area contributed by atoms with Gasteiger partial charge in [-0.3, -0.25) is 4.79 Å². The first kappa shape index (κ1) is 16.7. The van der Waals surface area contributed by atoms with Crippen LogP contribution in [-0.4, -0.2) is 18.2 Å². The zero-order chi connectivity index (χ0) is 15.7. The fourth-order valence-corrected chi connectivity index (χ4v) is 1.57. The number of ether oxygens (including phenoxy) is 1. The molecule has 5 heteroatoms. The standard InChI is InChI=1S/C16H21N3O2/c1-12(2)8-9-13(3)18-19-16(20)11-21-15-7-5-4-6-14(15)10-17/h4-7,12H,8-9,11H2,1-3H3,(H,19,20)/b18-13+. The van der Waals surface area contributed by atoms with Crippen molar-refractivity contribution in [3.8, 4) is 11.8 Å². The molecule has 0 aliphatic heterocycles. The van der Waals surface area contributed by atoms with Crippen molar-refractivity contribution in [1.29, 1.82) is 5.26 Å². The first-order valence-corrected chi connectivity index (χ1v) is 6.97. The Morgan fingerprint density at radius 1 is 1.43 bits per heavy atom. The maximum atomic E-state index is 11.6. The molecule has 112 valence electrons. The molecule has 0 radical (unpaired) electrons. The lowest BCUT2D eigenvalue weighted by atomic mass is 10.1. The van der Waals surface area contributed by atoms with Gasteiger partial charge in [0.05, 0.1) is 5.56 Å². The summed E-state index contributed by atoms with van der Waals surface area (Å²) in [5.41, 5.74) is 3.74. The van der Waals surface area contributed by atoms with Crippen LogP contribution in [0.4, 0.5) is 0 Å². The van der Waals surface area contributed by atoms with Crippen molar-refractivity contribution < 1.29 is 9.53 Å². The lowest BCUT2D eigenvalue weighted by molar-refractivity contribution is -0.123. The molecular weight excluding hydrogens is 266 g/mol. The van der Waals surface area contributed by atoms with Crippen molar-refractivity contribution >= 4 is 11.6 Å². The van der Waals surface area contributed by atoms with E-state index in [0.29, 0.717) is 17.2 Å². The number of hydrogen-bond donors (Lipinski definition) is 1. The first-order chi connectivity index (χ1) is 10.0. The molecule has 0 saturated carbocycles. The number of nitrogens with zero attached hydrogens (tertiary/aromatic N) is 2. The number of hydrogen-bond acceptors (Lipinski definition) is 4. The van der Waals surface area contributed by atoms with Crippen molar-refractivity contribution in [1.82, 2.24) is 5.43 Å². The van der Waals surface area contributed by atoms with E-state index in [2.05, 4.69) is 24.4 Å². The van der Waals surface area contributed by atoms with E-state index in [9.17, 15) is 4.79 Å². The summed E-state index contributed by atoms with van der Waals surface area (Å²) in [5.74, 6) is 0.666. The van der Waals surface area contributed by atoms with E-state index in [0.717, 1.165) is 18.6 Å². The molecule has 0 aliphatic carbocycles. The van der Waals surface area contributed by atoms with Crippen LogP contribution in [0.2, 0.25) is 0 Å². The highest BCUT2D eigenvalue weighted by atomic mass is 16.5. The minimum Gasteiger partial charge on any atom is -0.482 e. The van der Waals surface area contributed by atoms with Crippen LogP contribution in [0.5, 0.6) is 5.75 Å². The Balaban J connectivity index is 2.41. The van der Waals surface area contributed by atoms with Crippen LogP contribution in [0.25, 0.3) is 0 Å². The van der Waals surface area contributed by atoms with Gasteiger partial charge in [-0.25, -0.2) is 5.43 Å². The van der Waals surface area contributed by atoms with Gasteiger partial charge in [0.25, 0.3) is 5.91 Å². The van der Waals surface area contributed by atoms with E-state index in [1.54, 1.807) is 24.3 Å². The van der Waals surface area contributed by atoms with Gasteiger partial charge >= 0.3 is 0 Å². The number of nitrogens with one attached hydrogen (secondary N) is 1. The molecule has 0 aromatic heterocycles. The zero-order valence-electron chi connectivity index (χ0n) is 12.7. The van der Waals surface area contributed by atoms with Crippen LogP contribution in [0.3, 0.4) is 0 Å². The van der Waals surface area contributed by atoms with Crippen LogP contribution in [-0.2, 0) is 4.79 Å². The van der Waals surface area contributed by atoms with Gasteiger partial charge in [-0.05, 0) is 37.8 Å². The molecule has 1 N–H and O–H groups in total. The zero-order valence-corrected chi connectivity index (χ0v) is 12.7. The van der Waals surface area contributed by atoms with E-state index in [1.807, 2.05) is 13.0 Å². The summed E-state index contributed by atoms with van der Waals surface area (Å²) in [6, 6.07) is 8.80. The van der Waals surface area contributed by atoms with E-state index in [1.165, 1.54) is 0 Å². The minimum absolute atomic E-state index is 0.167. The van der Waals surface area contributed by atoms with Gasteiger partial charge in [0.1, 0.15) is 11.8 Å². The number of carbonyl (C=O) groups excluding carboxylic acids is 1. The molecule has 1 amide bonds.